The van der Waals surface area contributed by atoms with Gasteiger partial charge in [0.05, 0.1) is 33.1 Å². The van der Waals surface area contributed by atoms with Crippen molar-refractivity contribution in [2.45, 2.75) is 6.92 Å². The molecule has 0 aliphatic heterocycles. The van der Waals surface area contributed by atoms with E-state index in [0.29, 0.717) is 17.6 Å². The lowest BCUT2D eigenvalue weighted by molar-refractivity contribution is 0.953. The Kier molecular flexibility index (Phi) is 7.76. The van der Waals surface area contributed by atoms with Crippen molar-refractivity contribution < 1.29 is 0 Å². The zero-order valence-electron chi connectivity index (χ0n) is 31.8. The van der Waals surface area contributed by atoms with Gasteiger partial charge in [0, 0.05) is 54.8 Å². The Morgan fingerprint density at radius 2 is 1.00 bits per heavy atom. The first kappa shape index (κ1) is 33.5. The Balaban J connectivity index is 1.18. The third-order valence-electron chi connectivity index (χ3n) is 11.2. The summed E-state index contributed by atoms with van der Waals surface area (Å²) in [6, 6.07) is 57.5. The summed E-state index contributed by atoms with van der Waals surface area (Å²) in [5.41, 5.74) is 10.6. The van der Waals surface area contributed by atoms with Crippen LogP contribution in [0.4, 0.5) is 0 Å². The van der Waals surface area contributed by atoms with Crippen LogP contribution in [0, 0.1) is 0 Å². The molecule has 0 unspecified atom stereocenters. The topological polar surface area (TPSA) is 53.5 Å². The lowest BCUT2D eigenvalue weighted by atomic mass is 10.1. The molecule has 0 saturated carbocycles. The fraction of sp³-hybridized carbons (Fsp3) is 0.0192. The minimum Gasteiger partial charge on any atom is -0.309 e. The van der Waals surface area contributed by atoms with Gasteiger partial charge in [-0.15, -0.1) is 0 Å². The van der Waals surface area contributed by atoms with Crippen molar-refractivity contribution in [3.05, 3.63) is 195 Å². The van der Waals surface area contributed by atoms with Crippen LogP contribution < -0.4 is 0 Å². The molecule has 0 amide bonds. The first-order valence-corrected chi connectivity index (χ1v) is 19.5. The minimum absolute atomic E-state index is 0.574. The Bertz CT molecular complexity index is 3410. The molecule has 0 spiro atoms. The molecule has 0 aliphatic rings. The fourth-order valence-corrected chi connectivity index (χ4v) is 8.72. The van der Waals surface area contributed by atoms with E-state index in [1.807, 2.05) is 79.7 Å². The van der Waals surface area contributed by atoms with Gasteiger partial charge < -0.3 is 9.13 Å². The summed E-state index contributed by atoms with van der Waals surface area (Å²) in [5, 5.41) is 7.11. The molecular formula is C52H36N6. The van der Waals surface area contributed by atoms with E-state index in [2.05, 4.69) is 136 Å². The highest BCUT2D eigenvalue weighted by molar-refractivity contribution is 6.29. The molecule has 4 heterocycles. The van der Waals surface area contributed by atoms with Crippen molar-refractivity contribution in [2.24, 2.45) is 0 Å². The summed E-state index contributed by atoms with van der Waals surface area (Å²) >= 11 is 0. The van der Waals surface area contributed by atoms with E-state index < -0.39 is 0 Å². The Labute approximate surface area is 334 Å². The van der Waals surface area contributed by atoms with Gasteiger partial charge in [-0.2, -0.15) is 9.97 Å². The first-order valence-electron chi connectivity index (χ1n) is 19.5. The highest BCUT2D eigenvalue weighted by Crippen LogP contribution is 2.43. The van der Waals surface area contributed by atoms with Gasteiger partial charge in [0.25, 0.3) is 0 Å². The lowest BCUT2D eigenvalue weighted by Crippen LogP contribution is -2.06. The summed E-state index contributed by atoms with van der Waals surface area (Å²) in [6.07, 6.45) is 8.18. The van der Waals surface area contributed by atoms with Crippen molar-refractivity contribution in [3.63, 3.8) is 0 Å². The average molecular weight is 745 g/mol. The molecule has 6 nitrogen and oxygen atoms in total. The molecule has 0 radical (unpaired) electrons. The van der Waals surface area contributed by atoms with Crippen molar-refractivity contribution in [3.8, 4) is 34.4 Å². The maximum absolute atomic E-state index is 5.14. The first-order chi connectivity index (χ1) is 28.7. The van der Waals surface area contributed by atoms with Gasteiger partial charge in [0.15, 0.2) is 11.6 Å². The van der Waals surface area contributed by atoms with E-state index in [4.69, 9.17) is 15.0 Å². The lowest BCUT2D eigenvalue weighted by Gasteiger charge is -2.12. The molecule has 58 heavy (non-hydrogen) atoms. The quantitative estimate of drug-likeness (QED) is 0.153. The number of allylic oxidation sites excluding steroid dienone is 5. The number of benzene rings is 7. The van der Waals surface area contributed by atoms with Crippen LogP contribution in [0.15, 0.2) is 195 Å². The molecule has 11 aromatic rings. The van der Waals surface area contributed by atoms with Gasteiger partial charge in [-0.05, 0) is 67.6 Å². The van der Waals surface area contributed by atoms with E-state index in [1.54, 1.807) is 0 Å². The summed E-state index contributed by atoms with van der Waals surface area (Å²) in [4.78, 5) is 15.2. The molecule has 0 N–H and O–H groups in total. The number of rotatable bonds is 7. The number of hydrogen-bond donors (Lipinski definition) is 0. The van der Waals surface area contributed by atoms with Crippen LogP contribution in [-0.4, -0.2) is 28.7 Å². The minimum atomic E-state index is 0.574. The molecule has 11 rings (SSSR count). The van der Waals surface area contributed by atoms with Crippen LogP contribution in [0.2, 0.25) is 0 Å². The van der Waals surface area contributed by atoms with E-state index >= 15 is 0 Å². The maximum atomic E-state index is 5.14. The van der Waals surface area contributed by atoms with Gasteiger partial charge in [-0.3, -0.25) is 4.57 Å². The van der Waals surface area contributed by atoms with Gasteiger partial charge in [0.2, 0.25) is 5.95 Å². The van der Waals surface area contributed by atoms with Crippen LogP contribution in [0.5, 0.6) is 0 Å². The Morgan fingerprint density at radius 1 is 0.483 bits per heavy atom. The van der Waals surface area contributed by atoms with Crippen molar-refractivity contribution in [2.75, 3.05) is 0 Å². The van der Waals surface area contributed by atoms with Gasteiger partial charge in [-0.25, -0.2) is 4.98 Å². The molecule has 6 heteroatoms. The molecule has 0 fully saturated rings. The molecule has 0 bridgehead atoms. The standard InChI is InChI=1S/C52H36N6/c1-3-5-22-36(4-2)56-43-27-16-13-24-39(43)48-46(56)31-32-47-49(48)40-25-14-17-28-44(40)57(47)37-29-30-45-41(33-37)38-23-12-15-26-42(38)58(45)52-54-50(34-18-8-6-9-19-34)53-51(55-52)35-20-10-7-11-21-35/h3-33H,2H2,1H3/b5-3-,36-22+. The number of aromatic nitrogens is 6. The molecule has 0 saturated heterocycles. The van der Waals surface area contributed by atoms with Crippen LogP contribution in [0.25, 0.3) is 106 Å². The van der Waals surface area contributed by atoms with E-state index in [-0.39, 0.29) is 0 Å². The normalized spacial score (nSPS) is 12.3. The number of hydrogen-bond acceptors (Lipinski definition) is 3. The summed E-state index contributed by atoms with van der Waals surface area (Å²) in [5.74, 6) is 1.83. The highest BCUT2D eigenvalue weighted by atomic mass is 15.2. The molecule has 274 valence electrons. The Hall–Kier alpha value is -7.83. The van der Waals surface area contributed by atoms with Crippen LogP contribution in [-0.2, 0) is 0 Å². The predicted molar refractivity (Wildman–Crippen MR) is 242 cm³/mol. The second kappa shape index (κ2) is 13.4. The third kappa shape index (κ3) is 5.09. The smallest absolute Gasteiger partial charge is 0.238 e. The molecule has 7 aromatic carbocycles. The van der Waals surface area contributed by atoms with Gasteiger partial charge >= 0.3 is 0 Å². The van der Waals surface area contributed by atoms with E-state index in [9.17, 15) is 0 Å². The maximum Gasteiger partial charge on any atom is 0.238 e. The van der Waals surface area contributed by atoms with E-state index in [0.717, 1.165) is 66.4 Å². The fourth-order valence-electron chi connectivity index (χ4n) is 8.72. The van der Waals surface area contributed by atoms with Crippen molar-refractivity contribution in [1.82, 2.24) is 28.7 Å². The van der Waals surface area contributed by atoms with Crippen LogP contribution >= 0.6 is 0 Å². The zero-order valence-corrected chi connectivity index (χ0v) is 31.8. The highest BCUT2D eigenvalue weighted by Gasteiger charge is 2.22. The monoisotopic (exact) mass is 744 g/mol. The molecular weight excluding hydrogens is 709 g/mol. The summed E-state index contributed by atoms with van der Waals surface area (Å²) < 4.78 is 6.92. The number of fused-ring (bicyclic) bond motifs is 10. The second-order valence-corrected chi connectivity index (χ2v) is 14.4. The molecule has 0 aliphatic carbocycles. The zero-order chi connectivity index (χ0) is 38.7. The van der Waals surface area contributed by atoms with Gasteiger partial charge in [0.1, 0.15) is 0 Å². The second-order valence-electron chi connectivity index (χ2n) is 14.4. The molecule has 4 aromatic heterocycles. The van der Waals surface area contributed by atoms with Crippen LogP contribution in [0.1, 0.15) is 6.92 Å². The van der Waals surface area contributed by atoms with Crippen molar-refractivity contribution >= 4 is 71.1 Å². The number of para-hydroxylation sites is 3. The van der Waals surface area contributed by atoms with E-state index in [1.165, 1.54) is 21.5 Å². The van der Waals surface area contributed by atoms with Gasteiger partial charge in [-0.1, -0.05) is 134 Å². The third-order valence-corrected chi connectivity index (χ3v) is 11.2. The van der Waals surface area contributed by atoms with Crippen molar-refractivity contribution in [1.29, 1.82) is 0 Å². The Morgan fingerprint density at radius 3 is 1.66 bits per heavy atom. The number of nitrogens with zero attached hydrogens (tertiary/aromatic N) is 6. The summed E-state index contributed by atoms with van der Waals surface area (Å²) in [6.45, 7) is 6.24. The average Bonchev–Trinajstić information content (AvgIpc) is 3.93. The summed E-state index contributed by atoms with van der Waals surface area (Å²) in [7, 11) is 0. The largest absolute Gasteiger partial charge is 0.309 e. The predicted octanol–water partition coefficient (Wildman–Crippen LogP) is 13.1. The van der Waals surface area contributed by atoms with Crippen LogP contribution in [0.3, 0.4) is 0 Å². The molecule has 0 atom stereocenters. The SMILES string of the molecule is C=C/C(=C\C=C/C)n1c2ccccc2c2c3c4ccccc4n(-c4ccc5c(c4)c4ccccc4n5-c4nc(-c5ccccc5)nc(-c5ccccc5)n4)c3ccc21.